The third-order valence-electron chi connectivity index (χ3n) is 5.44. The maximum atomic E-state index is 12.8. The maximum absolute atomic E-state index is 12.8. The number of ketones is 1. The van der Waals surface area contributed by atoms with E-state index >= 15 is 0 Å². The van der Waals surface area contributed by atoms with Crippen LogP contribution >= 0.6 is 11.6 Å². The van der Waals surface area contributed by atoms with Crippen molar-refractivity contribution in [1.82, 2.24) is 9.97 Å². The summed E-state index contributed by atoms with van der Waals surface area (Å²) in [5.74, 6) is 1.23. The van der Waals surface area contributed by atoms with Gasteiger partial charge in [-0.15, -0.1) is 0 Å². The van der Waals surface area contributed by atoms with Gasteiger partial charge in [0.15, 0.2) is 5.78 Å². The van der Waals surface area contributed by atoms with E-state index < -0.39 is 0 Å². The van der Waals surface area contributed by atoms with Gasteiger partial charge in [-0.2, -0.15) is 0 Å². The number of pyridine rings is 1. The number of benzene rings is 1. The predicted molar refractivity (Wildman–Crippen MR) is 109 cm³/mol. The molecule has 1 aromatic carbocycles. The highest BCUT2D eigenvalue weighted by Crippen LogP contribution is 2.33. The molecule has 2 N–H and O–H groups in total. The van der Waals surface area contributed by atoms with Crippen LogP contribution in [-0.2, 0) is 6.42 Å². The molecule has 0 bridgehead atoms. The van der Waals surface area contributed by atoms with Crippen LogP contribution in [0.5, 0.6) is 11.5 Å². The van der Waals surface area contributed by atoms with Gasteiger partial charge in [0.1, 0.15) is 11.5 Å². The number of halogens is 1. The Hall–Kier alpha value is -2.53. The summed E-state index contributed by atoms with van der Waals surface area (Å²) >= 11 is 6.16. The number of phenolic OH excluding ortho intramolecular Hbond substituents is 1. The Morgan fingerprint density at radius 3 is 2.89 bits per heavy atom. The summed E-state index contributed by atoms with van der Waals surface area (Å²) in [6.07, 6.45) is 11.3. The van der Waals surface area contributed by atoms with Gasteiger partial charge in [0, 0.05) is 29.8 Å². The van der Waals surface area contributed by atoms with E-state index in [0.29, 0.717) is 45.3 Å². The highest BCUT2D eigenvalue weighted by molar-refractivity contribution is 6.35. The molecule has 0 radical (unpaired) electrons. The van der Waals surface area contributed by atoms with Crippen molar-refractivity contribution >= 4 is 28.3 Å². The van der Waals surface area contributed by atoms with Gasteiger partial charge in [-0.05, 0) is 42.5 Å². The molecule has 0 aliphatic heterocycles. The van der Waals surface area contributed by atoms with Gasteiger partial charge < -0.3 is 14.8 Å². The van der Waals surface area contributed by atoms with Crippen molar-refractivity contribution in [2.45, 2.75) is 38.5 Å². The van der Waals surface area contributed by atoms with Gasteiger partial charge in [-0.25, -0.2) is 0 Å². The topological polar surface area (TPSA) is 75.2 Å². The van der Waals surface area contributed by atoms with Crippen molar-refractivity contribution in [3.63, 3.8) is 0 Å². The predicted octanol–water partition coefficient (Wildman–Crippen LogP) is 5.31. The van der Waals surface area contributed by atoms with Crippen LogP contribution in [0.4, 0.5) is 0 Å². The van der Waals surface area contributed by atoms with Crippen LogP contribution in [0.15, 0.2) is 36.8 Å². The summed E-state index contributed by atoms with van der Waals surface area (Å²) < 4.78 is 5.90. The number of aromatic nitrogens is 2. The number of fused-ring (bicyclic) bond motifs is 1. The molecule has 146 valence electrons. The summed E-state index contributed by atoms with van der Waals surface area (Å²) in [5, 5.41) is 11.3. The average Bonchev–Trinajstić information content (AvgIpc) is 3.15. The summed E-state index contributed by atoms with van der Waals surface area (Å²) in [7, 11) is 0. The van der Waals surface area contributed by atoms with Crippen LogP contribution < -0.4 is 4.74 Å². The molecule has 0 amide bonds. The highest BCUT2D eigenvalue weighted by Gasteiger charge is 2.17. The number of H-pyrrole nitrogens is 1. The summed E-state index contributed by atoms with van der Waals surface area (Å²) in [6, 6.07) is 4.91. The molecular formula is C22H23ClN2O3. The van der Waals surface area contributed by atoms with Gasteiger partial charge in [0.25, 0.3) is 0 Å². The number of carbonyl (C=O) groups is 1. The normalized spacial score (nSPS) is 15.0. The Morgan fingerprint density at radius 2 is 2.07 bits per heavy atom. The number of Topliss-reactive ketones (excluding diaryl/α,β-unsaturated/α-hetero) is 1. The number of phenols is 1. The molecule has 1 aliphatic rings. The summed E-state index contributed by atoms with van der Waals surface area (Å²) in [5.41, 5.74) is 1.83. The van der Waals surface area contributed by atoms with Crippen LogP contribution in [0.2, 0.25) is 5.02 Å². The lowest BCUT2D eigenvalue weighted by molar-refractivity contribution is 0.0992. The lowest BCUT2D eigenvalue weighted by Crippen LogP contribution is -2.15. The van der Waals surface area contributed by atoms with Crippen LogP contribution in [0.1, 0.15) is 48.0 Å². The van der Waals surface area contributed by atoms with Crippen LogP contribution in [0.3, 0.4) is 0 Å². The van der Waals surface area contributed by atoms with Crippen molar-refractivity contribution < 1.29 is 14.6 Å². The fourth-order valence-electron chi connectivity index (χ4n) is 3.90. The van der Waals surface area contributed by atoms with Gasteiger partial charge in [0.05, 0.1) is 23.3 Å². The zero-order valence-corrected chi connectivity index (χ0v) is 16.3. The van der Waals surface area contributed by atoms with Crippen LogP contribution in [0, 0.1) is 5.92 Å². The smallest absolute Gasteiger partial charge is 0.169 e. The Labute approximate surface area is 168 Å². The molecule has 4 rings (SSSR count). The van der Waals surface area contributed by atoms with Crippen molar-refractivity contribution in [2.75, 3.05) is 6.61 Å². The molecule has 5 nitrogen and oxygen atoms in total. The highest BCUT2D eigenvalue weighted by atomic mass is 35.5. The van der Waals surface area contributed by atoms with Crippen molar-refractivity contribution in [3.05, 3.63) is 52.9 Å². The zero-order valence-electron chi connectivity index (χ0n) is 15.6. The minimum absolute atomic E-state index is 0.0871. The molecule has 0 atom stereocenters. The first-order valence-electron chi connectivity index (χ1n) is 9.70. The van der Waals surface area contributed by atoms with E-state index in [-0.39, 0.29) is 18.0 Å². The van der Waals surface area contributed by atoms with Gasteiger partial charge in [-0.3, -0.25) is 9.78 Å². The van der Waals surface area contributed by atoms with Crippen LogP contribution in [-0.4, -0.2) is 27.5 Å². The largest absolute Gasteiger partial charge is 0.507 e. The lowest BCUT2D eigenvalue weighted by Gasteiger charge is -2.21. The van der Waals surface area contributed by atoms with Gasteiger partial charge >= 0.3 is 0 Å². The molecule has 0 spiro atoms. The molecule has 6 heteroatoms. The number of ether oxygens (including phenoxy) is 1. The maximum Gasteiger partial charge on any atom is 0.169 e. The second kappa shape index (κ2) is 8.23. The van der Waals surface area contributed by atoms with Crippen LogP contribution in [0.25, 0.3) is 10.9 Å². The Bertz CT molecular complexity index is 993. The second-order valence-electron chi connectivity index (χ2n) is 7.45. The Kier molecular flexibility index (Phi) is 5.53. The Morgan fingerprint density at radius 1 is 1.25 bits per heavy atom. The minimum atomic E-state index is -0.0871. The molecule has 1 aliphatic carbocycles. The minimum Gasteiger partial charge on any atom is -0.507 e. The van der Waals surface area contributed by atoms with E-state index in [2.05, 4.69) is 9.97 Å². The standard InChI is InChI=1S/C22H23ClN2O3/c23-18-6-7-19(26)21-16(11-25-22(18)21)9-20(27)15-8-17(12-24-10-15)28-13-14-4-2-1-3-5-14/h6-8,10-12,14,25-26H,1-5,9,13H2. The first kappa shape index (κ1) is 18.8. The number of nitrogens with zero attached hydrogens (tertiary/aromatic N) is 1. The first-order chi connectivity index (χ1) is 13.6. The average molecular weight is 399 g/mol. The fourth-order valence-corrected chi connectivity index (χ4v) is 4.11. The molecule has 0 unspecified atom stereocenters. The SMILES string of the molecule is O=C(Cc1c[nH]c2c(Cl)ccc(O)c12)c1cncc(OCC2CCCCC2)c1. The van der Waals surface area contributed by atoms with E-state index in [1.54, 1.807) is 30.7 Å². The van der Waals surface area contributed by atoms with Gasteiger partial charge in [0.2, 0.25) is 0 Å². The Balaban J connectivity index is 1.47. The quantitative estimate of drug-likeness (QED) is 0.552. The zero-order chi connectivity index (χ0) is 19.5. The third-order valence-corrected chi connectivity index (χ3v) is 5.76. The van der Waals surface area contributed by atoms with E-state index in [1.807, 2.05) is 0 Å². The molecule has 0 saturated heterocycles. The molecular weight excluding hydrogens is 376 g/mol. The van der Waals surface area contributed by atoms with Crippen molar-refractivity contribution in [1.29, 1.82) is 0 Å². The number of aromatic amines is 1. The molecule has 1 saturated carbocycles. The third kappa shape index (κ3) is 3.99. The first-order valence-corrected chi connectivity index (χ1v) is 10.1. The summed E-state index contributed by atoms with van der Waals surface area (Å²) in [6.45, 7) is 0.675. The lowest BCUT2D eigenvalue weighted by atomic mass is 9.90. The number of hydrogen-bond acceptors (Lipinski definition) is 4. The number of hydrogen-bond donors (Lipinski definition) is 2. The molecule has 2 heterocycles. The van der Waals surface area contributed by atoms with E-state index in [9.17, 15) is 9.90 Å². The van der Waals surface area contributed by atoms with Crippen molar-refractivity contribution in [2.24, 2.45) is 5.92 Å². The van der Waals surface area contributed by atoms with Crippen molar-refractivity contribution in [3.8, 4) is 11.5 Å². The fraction of sp³-hybridized carbons (Fsp3) is 0.364. The van der Waals surface area contributed by atoms with E-state index in [0.717, 1.165) is 0 Å². The van der Waals surface area contributed by atoms with Gasteiger partial charge in [-0.1, -0.05) is 30.9 Å². The number of carbonyl (C=O) groups excluding carboxylic acids is 1. The molecule has 28 heavy (non-hydrogen) atoms. The number of rotatable bonds is 6. The monoisotopic (exact) mass is 398 g/mol. The molecule has 3 aromatic rings. The number of nitrogens with one attached hydrogen (secondary N) is 1. The molecule has 2 aromatic heterocycles. The second-order valence-corrected chi connectivity index (χ2v) is 7.86. The molecule has 1 fully saturated rings. The van der Waals surface area contributed by atoms with E-state index in [1.165, 1.54) is 38.2 Å². The summed E-state index contributed by atoms with van der Waals surface area (Å²) in [4.78, 5) is 20.0. The van der Waals surface area contributed by atoms with E-state index in [4.69, 9.17) is 16.3 Å². The number of aromatic hydroxyl groups is 1.